The smallest absolute Gasteiger partial charge is 0.319 e. The van der Waals surface area contributed by atoms with E-state index >= 15 is 4.39 Å². The minimum atomic E-state index is -2.49. The first-order chi connectivity index (χ1) is 23.2. The number of pyridine rings is 1. The van der Waals surface area contributed by atoms with Crippen molar-refractivity contribution in [3.63, 3.8) is 0 Å². The molecule has 2 aromatic heterocycles. The van der Waals surface area contributed by atoms with E-state index in [9.17, 15) is 13.2 Å². The molecule has 4 N–H and O–H groups in total. The number of nitrogens with two attached hydrogens (primary N) is 1. The van der Waals surface area contributed by atoms with Gasteiger partial charge in [-0.15, -0.1) is 6.42 Å². The summed E-state index contributed by atoms with van der Waals surface area (Å²) in [5.74, 6) is 0.0903. The number of nitrogen functional groups attached to an aromatic ring is 1. The largest absolute Gasteiger partial charge is 0.463 e. The highest BCUT2D eigenvalue weighted by molar-refractivity contribution is 6.04. The van der Waals surface area contributed by atoms with Crippen molar-refractivity contribution < 1.29 is 22.3 Å². The number of hydrogen-bond donors (Lipinski definition) is 3. The number of nitrogens with zero attached hydrogens (tertiary/aromatic N) is 4. The summed E-state index contributed by atoms with van der Waals surface area (Å²) in [7, 11) is 1.89. The van der Waals surface area contributed by atoms with E-state index in [2.05, 4.69) is 33.4 Å². The fourth-order valence-electron chi connectivity index (χ4n) is 6.98. The van der Waals surface area contributed by atoms with Gasteiger partial charge >= 0.3 is 6.01 Å². The van der Waals surface area contributed by atoms with Gasteiger partial charge in [0.1, 0.15) is 22.8 Å². The van der Waals surface area contributed by atoms with E-state index in [1.54, 1.807) is 12.1 Å². The zero-order valence-electron chi connectivity index (χ0n) is 27.3. The van der Waals surface area contributed by atoms with Gasteiger partial charge in [-0.1, -0.05) is 25.3 Å². The van der Waals surface area contributed by atoms with Gasteiger partial charge in [0.2, 0.25) is 6.43 Å². The van der Waals surface area contributed by atoms with Crippen LogP contribution in [-0.4, -0.2) is 72.2 Å². The Balaban J connectivity index is 1.49. The Morgan fingerprint density at radius 3 is 2.77 bits per heavy atom. The van der Waals surface area contributed by atoms with Gasteiger partial charge in [0.15, 0.2) is 5.82 Å². The Bertz CT molecular complexity index is 1850. The van der Waals surface area contributed by atoms with Crippen molar-refractivity contribution in [2.45, 2.75) is 57.9 Å². The number of hydrogen-bond acceptors (Lipinski definition) is 8. The Kier molecular flexibility index (Phi) is 10.2. The molecule has 4 aromatic rings. The quantitative estimate of drug-likeness (QED) is 0.0776. The third-order valence-electron chi connectivity index (χ3n) is 9.48. The number of terminal acetylenes is 1. The number of piperidine rings is 1. The molecule has 12 heteroatoms. The third-order valence-corrected chi connectivity index (χ3v) is 9.48. The van der Waals surface area contributed by atoms with Gasteiger partial charge in [-0.2, -0.15) is 9.97 Å². The predicted molar refractivity (Wildman–Crippen MR) is 181 cm³/mol. The Hall–Kier alpha value is -4.21. The summed E-state index contributed by atoms with van der Waals surface area (Å²) in [5, 5.41) is 8.24. The minimum Gasteiger partial charge on any atom is -0.463 e. The molecule has 0 aliphatic carbocycles. The van der Waals surface area contributed by atoms with Crippen LogP contribution in [0, 0.1) is 35.8 Å². The number of unbranched alkanes of at least 4 members (excludes halogenated alkanes) is 1. The highest BCUT2D eigenvalue weighted by atomic mass is 19.3. The lowest BCUT2D eigenvalue weighted by atomic mass is 9.86. The second kappa shape index (κ2) is 14.5. The van der Waals surface area contributed by atoms with E-state index in [1.165, 1.54) is 12.1 Å². The molecule has 1 saturated heterocycles. The maximum absolute atomic E-state index is 16.9. The Morgan fingerprint density at radius 1 is 1.17 bits per heavy atom. The first-order valence-electron chi connectivity index (χ1n) is 16.6. The zero-order valence-corrected chi connectivity index (χ0v) is 27.3. The van der Waals surface area contributed by atoms with Gasteiger partial charge in [0.05, 0.1) is 23.3 Å². The molecule has 8 nitrogen and oxygen atoms in total. The van der Waals surface area contributed by atoms with E-state index in [1.807, 2.05) is 11.9 Å². The van der Waals surface area contributed by atoms with Crippen LogP contribution in [0.25, 0.3) is 32.9 Å². The monoisotopic (exact) mass is 663 g/mol. The van der Waals surface area contributed by atoms with Crippen LogP contribution in [0.5, 0.6) is 6.01 Å². The van der Waals surface area contributed by atoms with Crippen LogP contribution in [0.4, 0.5) is 29.1 Å². The average molecular weight is 664 g/mol. The van der Waals surface area contributed by atoms with Crippen LogP contribution >= 0.6 is 0 Å². The number of likely N-dealkylation sites (tertiary alicyclic amines) is 1. The van der Waals surface area contributed by atoms with Crippen molar-refractivity contribution in [1.29, 1.82) is 0 Å². The lowest BCUT2D eigenvalue weighted by Gasteiger charge is -2.35. The fraction of sp³-hybridized carbons (Fsp3) is 0.472. The molecule has 6 rings (SSSR count). The van der Waals surface area contributed by atoms with Crippen LogP contribution in [0.1, 0.15) is 50.3 Å². The summed E-state index contributed by atoms with van der Waals surface area (Å²) >= 11 is 0. The molecule has 2 aliphatic heterocycles. The third kappa shape index (κ3) is 6.84. The van der Waals surface area contributed by atoms with Crippen LogP contribution in [0.3, 0.4) is 0 Å². The first-order valence-corrected chi connectivity index (χ1v) is 16.6. The molecule has 4 heterocycles. The normalized spacial score (nSPS) is 20.0. The van der Waals surface area contributed by atoms with E-state index in [-0.39, 0.29) is 41.0 Å². The summed E-state index contributed by atoms with van der Waals surface area (Å²) in [5.41, 5.74) is 7.24. The second-order valence-corrected chi connectivity index (χ2v) is 12.9. The van der Waals surface area contributed by atoms with Crippen molar-refractivity contribution in [3.8, 4) is 29.6 Å². The van der Waals surface area contributed by atoms with Crippen LogP contribution in [-0.2, 0) is 6.42 Å². The number of fused-ring (bicyclic) bond motifs is 1. The maximum atomic E-state index is 16.9. The molecule has 0 spiro atoms. The molecule has 2 aliphatic rings. The summed E-state index contributed by atoms with van der Waals surface area (Å²) in [6.07, 6.45) is 7.76. The van der Waals surface area contributed by atoms with Gasteiger partial charge in [-0.3, -0.25) is 0 Å². The van der Waals surface area contributed by atoms with Gasteiger partial charge in [-0.05, 0) is 75.8 Å². The Labute approximate surface area is 277 Å². The molecule has 254 valence electrons. The van der Waals surface area contributed by atoms with E-state index in [0.717, 1.165) is 32.2 Å². The molecule has 1 fully saturated rings. The highest BCUT2D eigenvalue weighted by Gasteiger charge is 2.35. The SMILES string of the molecule is C#Cc1c(F)ccc2cc(N)cc(-c3nc4c5c(nc(OCC6CN(C)CCC6C(F)F)nc5c3F)NC(CNCCCC)CCC4)c12. The molecule has 0 amide bonds. The average Bonchev–Trinajstić information content (AvgIpc) is 3.05. The van der Waals surface area contributed by atoms with Gasteiger partial charge < -0.3 is 26.0 Å². The Morgan fingerprint density at radius 2 is 2.00 bits per heavy atom. The fourth-order valence-corrected chi connectivity index (χ4v) is 6.98. The standard InChI is InChI=1S/C36H41F4N7O/c1-4-6-13-42-17-23-8-7-9-28-30-33(45-36(46-35(30)43-23)48-19-21-18-47(3)14-12-25(21)34(39)40)31(38)32(44-28)26-16-22(41)15-20-10-11-27(37)24(5-2)29(20)26/h2,10-11,15-16,21,23,25,34,42H,4,6-9,12-14,17-19,41H2,1,3H3,(H,43,45,46). The van der Waals surface area contributed by atoms with Crippen LogP contribution in [0.2, 0.25) is 0 Å². The summed E-state index contributed by atoms with van der Waals surface area (Å²) in [6.45, 7) is 4.63. The van der Waals surface area contributed by atoms with Crippen LogP contribution < -0.4 is 21.1 Å². The molecule has 48 heavy (non-hydrogen) atoms. The lowest BCUT2D eigenvalue weighted by Crippen LogP contribution is -2.43. The highest BCUT2D eigenvalue weighted by Crippen LogP contribution is 2.40. The van der Waals surface area contributed by atoms with Crippen molar-refractivity contribution in [3.05, 3.63) is 47.2 Å². The number of anilines is 2. The van der Waals surface area contributed by atoms with Crippen molar-refractivity contribution in [2.24, 2.45) is 11.8 Å². The van der Waals surface area contributed by atoms with Crippen molar-refractivity contribution in [1.82, 2.24) is 25.2 Å². The lowest BCUT2D eigenvalue weighted by molar-refractivity contribution is -0.0142. The van der Waals surface area contributed by atoms with E-state index < -0.39 is 29.9 Å². The summed E-state index contributed by atoms with van der Waals surface area (Å²) in [6, 6.07) is 5.85. The molecular formula is C36H41F4N7O. The number of nitrogens with one attached hydrogen (secondary N) is 2. The minimum absolute atomic E-state index is 0.0158. The second-order valence-electron chi connectivity index (χ2n) is 12.9. The number of aryl methyl sites for hydroxylation is 1. The molecule has 3 unspecified atom stereocenters. The molecule has 3 atom stereocenters. The molecule has 2 aromatic carbocycles. The summed E-state index contributed by atoms with van der Waals surface area (Å²) in [4.78, 5) is 16.0. The first kappa shape index (κ1) is 33.7. The number of alkyl halides is 2. The number of halogens is 4. The van der Waals surface area contributed by atoms with Gasteiger partial charge in [0, 0.05) is 47.6 Å². The molecule has 0 saturated carbocycles. The van der Waals surface area contributed by atoms with E-state index in [0.29, 0.717) is 65.8 Å². The topological polar surface area (TPSA) is 101 Å². The van der Waals surface area contributed by atoms with Crippen molar-refractivity contribution >= 4 is 33.2 Å². The maximum Gasteiger partial charge on any atom is 0.319 e. The van der Waals surface area contributed by atoms with Crippen LogP contribution in [0.15, 0.2) is 24.3 Å². The predicted octanol–water partition coefficient (Wildman–Crippen LogP) is 6.41. The number of benzene rings is 2. The van der Waals surface area contributed by atoms with E-state index in [4.69, 9.17) is 21.9 Å². The number of ether oxygens (including phenoxy) is 1. The molecule has 0 radical (unpaired) electrons. The number of aromatic nitrogens is 3. The molecular weight excluding hydrogens is 622 g/mol. The zero-order chi connectivity index (χ0) is 33.9. The van der Waals surface area contributed by atoms with Gasteiger partial charge in [-0.25, -0.2) is 22.5 Å². The van der Waals surface area contributed by atoms with Crippen molar-refractivity contribution in [2.75, 3.05) is 50.9 Å². The van der Waals surface area contributed by atoms with Gasteiger partial charge in [0.25, 0.3) is 0 Å². The summed E-state index contributed by atoms with van der Waals surface area (Å²) < 4.78 is 65.8. The number of rotatable bonds is 10. The molecule has 0 bridgehead atoms.